The number of hydrogen-bond acceptors (Lipinski definition) is 8. The van der Waals surface area contributed by atoms with Crippen molar-refractivity contribution in [1.29, 1.82) is 0 Å². The number of hydrogen-bond donors (Lipinski definition) is 2. The number of ether oxygens (including phenoxy) is 1. The van der Waals surface area contributed by atoms with Crippen molar-refractivity contribution in [1.82, 2.24) is 10.5 Å². The second kappa shape index (κ2) is 11.4. The van der Waals surface area contributed by atoms with Crippen molar-refractivity contribution in [3.8, 4) is 0 Å². The summed E-state index contributed by atoms with van der Waals surface area (Å²) in [6, 6.07) is 10.6. The zero-order chi connectivity index (χ0) is 22.9. The summed E-state index contributed by atoms with van der Waals surface area (Å²) < 4.78 is 23.1. The maximum atomic E-state index is 13.2. The molecule has 32 heavy (non-hydrogen) atoms. The minimum absolute atomic E-state index is 0.0121. The smallest absolute Gasteiger partial charge is 0.316 e. The van der Waals surface area contributed by atoms with Crippen molar-refractivity contribution in [2.45, 2.75) is 13.0 Å². The molecule has 1 atom stereocenters. The number of carbonyl (C=O) groups excluding carboxylic acids is 3. The van der Waals surface area contributed by atoms with Crippen LogP contribution >= 0.6 is 23.1 Å². The fraction of sp³-hybridized carbons (Fsp3) is 0.238. The Morgan fingerprint density at radius 2 is 1.97 bits per heavy atom. The Balaban J connectivity index is 1.42. The summed E-state index contributed by atoms with van der Waals surface area (Å²) in [6.07, 6.45) is 0. The summed E-state index contributed by atoms with van der Waals surface area (Å²) in [7, 11) is 0. The lowest BCUT2D eigenvalue weighted by Gasteiger charge is -2.18. The number of thioether (sulfide) groups is 1. The normalized spacial score (nSPS) is 11.6. The number of rotatable bonds is 10. The Labute approximate surface area is 191 Å². The lowest BCUT2D eigenvalue weighted by atomic mass is 10.1. The monoisotopic (exact) mass is 477 g/mol. The highest BCUT2D eigenvalue weighted by atomic mass is 32.2. The van der Waals surface area contributed by atoms with Gasteiger partial charge in [0.1, 0.15) is 11.6 Å². The van der Waals surface area contributed by atoms with Crippen LogP contribution in [0.2, 0.25) is 0 Å². The predicted molar refractivity (Wildman–Crippen MR) is 119 cm³/mol. The molecular formula is C21H20FN3O5S2. The van der Waals surface area contributed by atoms with Crippen molar-refractivity contribution in [3.63, 3.8) is 0 Å². The van der Waals surface area contributed by atoms with Crippen LogP contribution < -0.4 is 10.6 Å². The predicted octanol–water partition coefficient (Wildman–Crippen LogP) is 3.30. The molecule has 8 nitrogen and oxygen atoms in total. The highest BCUT2D eigenvalue weighted by Crippen LogP contribution is 2.26. The Morgan fingerprint density at radius 3 is 2.62 bits per heavy atom. The van der Waals surface area contributed by atoms with Gasteiger partial charge in [0.25, 0.3) is 5.91 Å². The van der Waals surface area contributed by atoms with Gasteiger partial charge in [0, 0.05) is 10.9 Å². The molecule has 0 radical (unpaired) electrons. The zero-order valence-corrected chi connectivity index (χ0v) is 18.6. The molecule has 0 aliphatic carbocycles. The van der Waals surface area contributed by atoms with Gasteiger partial charge in [-0.1, -0.05) is 23.4 Å². The summed E-state index contributed by atoms with van der Waals surface area (Å²) >= 11 is 2.49. The van der Waals surface area contributed by atoms with E-state index in [1.165, 1.54) is 23.5 Å². The van der Waals surface area contributed by atoms with Gasteiger partial charge in [-0.05, 0) is 36.1 Å². The third kappa shape index (κ3) is 7.20. The number of nitrogens with zero attached hydrogens (tertiary/aromatic N) is 1. The highest BCUT2D eigenvalue weighted by molar-refractivity contribution is 8.00. The second-order valence-corrected chi connectivity index (χ2v) is 8.56. The molecule has 0 saturated carbocycles. The van der Waals surface area contributed by atoms with Gasteiger partial charge in [-0.25, -0.2) is 4.39 Å². The molecule has 11 heteroatoms. The first-order valence-corrected chi connectivity index (χ1v) is 11.5. The largest absolute Gasteiger partial charge is 0.455 e. The van der Waals surface area contributed by atoms with Crippen molar-refractivity contribution >= 4 is 46.7 Å². The molecule has 0 aliphatic heterocycles. The van der Waals surface area contributed by atoms with Crippen molar-refractivity contribution < 1.29 is 28.0 Å². The molecule has 2 N–H and O–H groups in total. The van der Waals surface area contributed by atoms with Crippen molar-refractivity contribution in [2.24, 2.45) is 0 Å². The molecule has 2 heterocycles. The van der Waals surface area contributed by atoms with Crippen molar-refractivity contribution in [2.75, 3.05) is 23.4 Å². The zero-order valence-electron chi connectivity index (χ0n) is 17.0. The fourth-order valence-electron chi connectivity index (χ4n) is 2.65. The molecule has 0 bridgehead atoms. The lowest BCUT2D eigenvalue weighted by molar-refractivity contribution is -0.146. The van der Waals surface area contributed by atoms with Gasteiger partial charge >= 0.3 is 5.97 Å². The second-order valence-electron chi connectivity index (χ2n) is 6.59. The van der Waals surface area contributed by atoms with Crippen LogP contribution in [0.5, 0.6) is 0 Å². The molecule has 1 aromatic carbocycles. The number of halogens is 1. The van der Waals surface area contributed by atoms with E-state index in [0.717, 1.165) is 16.6 Å². The minimum Gasteiger partial charge on any atom is -0.455 e. The van der Waals surface area contributed by atoms with Crippen LogP contribution in [-0.4, -0.2) is 41.1 Å². The molecule has 3 aromatic rings. The number of anilines is 1. The number of esters is 1. The molecule has 3 rings (SSSR count). The molecule has 2 amide bonds. The number of carbonyl (C=O) groups is 3. The SMILES string of the molecule is Cc1cc(NC(=O)CSCC(=O)OCC(=O)NC(c2ccc(F)cc2)c2cccs2)no1. The summed E-state index contributed by atoms with van der Waals surface area (Å²) in [5.41, 5.74) is 0.706. The van der Waals surface area contributed by atoms with Crippen LogP contribution in [0.4, 0.5) is 10.2 Å². The molecular weight excluding hydrogens is 457 g/mol. The summed E-state index contributed by atoms with van der Waals surface area (Å²) in [6.45, 7) is 1.23. The summed E-state index contributed by atoms with van der Waals surface area (Å²) in [5, 5.41) is 10.9. The van der Waals surface area contributed by atoms with E-state index in [-0.39, 0.29) is 23.2 Å². The van der Waals surface area contributed by atoms with Gasteiger partial charge in [-0.15, -0.1) is 23.1 Å². The lowest BCUT2D eigenvalue weighted by Crippen LogP contribution is -2.33. The molecule has 1 unspecified atom stereocenters. The number of amides is 2. The first-order chi connectivity index (χ1) is 15.4. The average molecular weight is 478 g/mol. The molecule has 0 fully saturated rings. The third-order valence-corrected chi connectivity index (χ3v) is 5.89. The summed E-state index contributed by atoms with van der Waals surface area (Å²) in [4.78, 5) is 36.9. The van der Waals surface area contributed by atoms with Crippen LogP contribution in [0.1, 0.15) is 22.2 Å². The van der Waals surface area contributed by atoms with E-state index in [9.17, 15) is 18.8 Å². The quantitative estimate of drug-likeness (QED) is 0.431. The maximum Gasteiger partial charge on any atom is 0.316 e. The van der Waals surface area contributed by atoms with E-state index < -0.39 is 24.5 Å². The van der Waals surface area contributed by atoms with Crippen LogP contribution in [0.25, 0.3) is 0 Å². The van der Waals surface area contributed by atoms with E-state index in [0.29, 0.717) is 17.1 Å². The van der Waals surface area contributed by atoms with E-state index in [1.54, 1.807) is 25.1 Å². The average Bonchev–Trinajstić information content (AvgIpc) is 3.43. The number of aryl methyl sites for hydroxylation is 1. The van der Waals surface area contributed by atoms with E-state index >= 15 is 0 Å². The minimum atomic E-state index is -0.621. The first-order valence-electron chi connectivity index (χ1n) is 9.45. The molecule has 0 spiro atoms. The Kier molecular flexibility index (Phi) is 8.40. The molecule has 168 valence electrons. The van der Waals surface area contributed by atoms with E-state index in [1.807, 2.05) is 17.5 Å². The fourth-order valence-corrected chi connectivity index (χ4v) is 4.06. The number of benzene rings is 1. The summed E-state index contributed by atoms with van der Waals surface area (Å²) in [5.74, 6) is -1.05. The third-order valence-electron chi connectivity index (χ3n) is 4.05. The van der Waals surface area contributed by atoms with Gasteiger partial charge in [0.15, 0.2) is 12.4 Å². The highest BCUT2D eigenvalue weighted by Gasteiger charge is 2.19. The number of aromatic nitrogens is 1. The number of thiophene rings is 1. The number of nitrogens with one attached hydrogen (secondary N) is 2. The topological polar surface area (TPSA) is 111 Å². The first kappa shape index (κ1) is 23.5. The van der Waals surface area contributed by atoms with Crippen LogP contribution in [0, 0.1) is 12.7 Å². The molecule has 0 aliphatic rings. The van der Waals surface area contributed by atoms with Gasteiger partial charge in [-0.3, -0.25) is 14.4 Å². The van der Waals surface area contributed by atoms with Crippen LogP contribution in [0.3, 0.4) is 0 Å². The Hall–Kier alpha value is -3.18. The van der Waals surface area contributed by atoms with Gasteiger partial charge < -0.3 is 19.9 Å². The van der Waals surface area contributed by atoms with Crippen LogP contribution in [0.15, 0.2) is 52.4 Å². The standard InChI is InChI=1S/C21H20FN3O5S2/c1-13-9-17(25-30-13)23-19(27)11-31-12-20(28)29-10-18(26)24-21(16-3-2-8-32-16)14-4-6-15(22)7-5-14/h2-9,21H,10-12H2,1H3,(H,24,26)(H,23,25,27). The van der Waals surface area contributed by atoms with Gasteiger partial charge in [0.05, 0.1) is 17.5 Å². The maximum absolute atomic E-state index is 13.2. The van der Waals surface area contributed by atoms with Crippen molar-refractivity contribution in [3.05, 3.63) is 69.9 Å². The molecule has 0 saturated heterocycles. The molecule has 2 aromatic heterocycles. The Bertz CT molecular complexity index is 1050. The van der Waals surface area contributed by atoms with Gasteiger partial charge in [0.2, 0.25) is 5.91 Å². The van der Waals surface area contributed by atoms with E-state index in [4.69, 9.17) is 9.26 Å². The van der Waals surface area contributed by atoms with E-state index in [2.05, 4.69) is 15.8 Å². The van der Waals surface area contributed by atoms with Crippen LogP contribution in [-0.2, 0) is 19.1 Å². The van der Waals surface area contributed by atoms with Gasteiger partial charge in [-0.2, -0.15) is 0 Å². The Morgan fingerprint density at radius 1 is 1.19 bits per heavy atom.